The molecule has 158 valence electrons. The van der Waals surface area contributed by atoms with E-state index in [4.69, 9.17) is 10.5 Å². The van der Waals surface area contributed by atoms with E-state index < -0.39 is 5.91 Å². The van der Waals surface area contributed by atoms with E-state index in [-0.39, 0.29) is 17.5 Å². The topological polar surface area (TPSA) is 119 Å². The smallest absolute Gasteiger partial charge is 0.270 e. The quantitative estimate of drug-likeness (QED) is 0.587. The third-order valence-electron chi connectivity index (χ3n) is 5.97. The van der Waals surface area contributed by atoms with E-state index in [1.165, 1.54) is 6.20 Å². The molecule has 0 unspecified atom stereocenters. The lowest BCUT2D eigenvalue weighted by atomic mass is 9.93. The molecule has 2 aliphatic rings. The van der Waals surface area contributed by atoms with E-state index in [0.29, 0.717) is 34.6 Å². The lowest BCUT2D eigenvalue weighted by Gasteiger charge is -2.26. The van der Waals surface area contributed by atoms with E-state index in [2.05, 4.69) is 20.6 Å². The summed E-state index contributed by atoms with van der Waals surface area (Å²) in [7, 11) is 0. The van der Waals surface area contributed by atoms with E-state index in [0.717, 1.165) is 42.7 Å². The van der Waals surface area contributed by atoms with Crippen molar-refractivity contribution in [1.29, 1.82) is 0 Å². The number of pyridine rings is 2. The minimum atomic E-state index is -0.601. The van der Waals surface area contributed by atoms with Gasteiger partial charge in [0.25, 0.3) is 11.8 Å². The highest BCUT2D eigenvalue weighted by atomic mass is 16.5. The monoisotopic (exact) mass is 417 g/mol. The van der Waals surface area contributed by atoms with Crippen LogP contribution in [0, 0.1) is 6.92 Å². The molecular formula is C23H23N5O3. The number of hydrogen-bond donors (Lipinski definition) is 3. The lowest BCUT2D eigenvalue weighted by Crippen LogP contribution is -2.39. The summed E-state index contributed by atoms with van der Waals surface area (Å²) < 4.78 is 5.66. The molecule has 1 saturated carbocycles. The van der Waals surface area contributed by atoms with Crippen LogP contribution in [0.3, 0.4) is 0 Å². The van der Waals surface area contributed by atoms with Crippen LogP contribution in [0.4, 0.5) is 11.4 Å². The minimum Gasteiger partial charge on any atom is -0.493 e. The number of amides is 2. The van der Waals surface area contributed by atoms with Crippen LogP contribution in [0.1, 0.15) is 51.4 Å². The van der Waals surface area contributed by atoms with Gasteiger partial charge in [-0.3, -0.25) is 14.6 Å². The van der Waals surface area contributed by atoms with Gasteiger partial charge in [0.1, 0.15) is 11.4 Å². The predicted molar refractivity (Wildman–Crippen MR) is 117 cm³/mol. The van der Waals surface area contributed by atoms with Gasteiger partial charge in [-0.25, -0.2) is 4.98 Å². The van der Waals surface area contributed by atoms with Crippen LogP contribution >= 0.6 is 0 Å². The van der Waals surface area contributed by atoms with Crippen molar-refractivity contribution < 1.29 is 14.3 Å². The van der Waals surface area contributed by atoms with Gasteiger partial charge in [0, 0.05) is 35.3 Å². The number of benzene rings is 1. The molecule has 8 heteroatoms. The Labute approximate surface area is 179 Å². The zero-order chi connectivity index (χ0) is 21.5. The predicted octanol–water partition coefficient (Wildman–Crippen LogP) is 3.00. The van der Waals surface area contributed by atoms with Crippen molar-refractivity contribution in [2.45, 2.75) is 38.6 Å². The highest BCUT2D eigenvalue weighted by molar-refractivity contribution is 6.09. The van der Waals surface area contributed by atoms with Crippen molar-refractivity contribution in [2.75, 3.05) is 11.9 Å². The SMILES string of the molecule is Cc1nc(C(=O)NC2CCC2)cc2c(Nc3cccc4c3CCO4)c(C(N)=O)cnc12. The van der Waals surface area contributed by atoms with Gasteiger partial charge < -0.3 is 21.1 Å². The molecule has 1 fully saturated rings. The highest BCUT2D eigenvalue weighted by Crippen LogP contribution is 2.36. The Morgan fingerprint density at radius 2 is 2.10 bits per heavy atom. The number of nitrogens with zero attached hydrogens (tertiary/aromatic N) is 2. The molecule has 0 radical (unpaired) electrons. The summed E-state index contributed by atoms with van der Waals surface area (Å²) in [6.45, 7) is 2.42. The van der Waals surface area contributed by atoms with Gasteiger partial charge in [0.05, 0.1) is 29.1 Å². The number of nitrogens with one attached hydrogen (secondary N) is 2. The molecular weight excluding hydrogens is 394 g/mol. The maximum absolute atomic E-state index is 12.8. The Balaban J connectivity index is 1.64. The van der Waals surface area contributed by atoms with Crippen LogP contribution in [-0.4, -0.2) is 34.4 Å². The van der Waals surface area contributed by atoms with Crippen molar-refractivity contribution in [1.82, 2.24) is 15.3 Å². The first-order valence-corrected chi connectivity index (χ1v) is 10.4. The number of fused-ring (bicyclic) bond motifs is 2. The van der Waals surface area contributed by atoms with Crippen molar-refractivity contribution in [3.8, 4) is 5.75 Å². The third kappa shape index (κ3) is 3.43. The number of carbonyl (C=O) groups is 2. The normalized spacial score (nSPS) is 15.1. The molecule has 1 aliphatic heterocycles. The minimum absolute atomic E-state index is 0.199. The summed E-state index contributed by atoms with van der Waals surface area (Å²) in [5, 5.41) is 7.01. The highest BCUT2D eigenvalue weighted by Gasteiger charge is 2.24. The number of ether oxygens (including phenoxy) is 1. The van der Waals surface area contributed by atoms with Crippen molar-refractivity contribution in [3.05, 3.63) is 53.0 Å². The number of rotatable bonds is 5. The molecule has 0 spiro atoms. The largest absolute Gasteiger partial charge is 0.493 e. The second-order valence-electron chi connectivity index (χ2n) is 8.01. The fourth-order valence-corrected chi connectivity index (χ4v) is 4.08. The maximum Gasteiger partial charge on any atom is 0.270 e. The van der Waals surface area contributed by atoms with Gasteiger partial charge in [0.15, 0.2) is 0 Å². The number of primary amides is 1. The molecule has 8 nitrogen and oxygen atoms in total. The molecule has 5 rings (SSSR count). The third-order valence-corrected chi connectivity index (χ3v) is 5.97. The first-order valence-electron chi connectivity index (χ1n) is 10.4. The Morgan fingerprint density at radius 1 is 1.26 bits per heavy atom. The first kappa shape index (κ1) is 19.3. The van der Waals surface area contributed by atoms with E-state index in [1.54, 1.807) is 13.0 Å². The molecule has 3 heterocycles. The number of carbonyl (C=O) groups excluding carboxylic acids is 2. The standard InChI is InChI=1S/C23H23N5O3/c1-12-20-15(10-18(26-12)23(30)27-13-4-2-5-13)21(16(11-25-20)22(24)29)28-17-6-3-7-19-14(17)8-9-31-19/h3,6-7,10-11,13H,2,4-5,8-9H2,1H3,(H2,24,29)(H,25,28)(H,27,30). The summed E-state index contributed by atoms with van der Waals surface area (Å²) in [6, 6.07) is 7.62. The zero-order valence-corrected chi connectivity index (χ0v) is 17.2. The number of aromatic nitrogens is 2. The Hall–Kier alpha value is -3.68. The average Bonchev–Trinajstić information content (AvgIpc) is 3.20. The Morgan fingerprint density at radius 3 is 2.84 bits per heavy atom. The number of nitrogens with two attached hydrogens (primary N) is 1. The van der Waals surface area contributed by atoms with Gasteiger partial charge >= 0.3 is 0 Å². The second kappa shape index (κ2) is 7.54. The molecule has 0 atom stereocenters. The van der Waals surface area contributed by atoms with Crippen LogP contribution in [0.15, 0.2) is 30.5 Å². The Bertz CT molecular complexity index is 1220. The van der Waals surface area contributed by atoms with Crippen molar-refractivity contribution in [3.63, 3.8) is 0 Å². The molecule has 2 amide bonds. The van der Waals surface area contributed by atoms with Gasteiger partial charge in [-0.05, 0) is 44.4 Å². The number of anilines is 2. The lowest BCUT2D eigenvalue weighted by molar-refractivity contribution is 0.0911. The second-order valence-corrected chi connectivity index (χ2v) is 8.01. The molecule has 2 aromatic heterocycles. The summed E-state index contributed by atoms with van der Waals surface area (Å²) in [4.78, 5) is 33.8. The van der Waals surface area contributed by atoms with E-state index in [9.17, 15) is 9.59 Å². The van der Waals surface area contributed by atoms with Gasteiger partial charge in [-0.2, -0.15) is 0 Å². The maximum atomic E-state index is 12.8. The average molecular weight is 417 g/mol. The van der Waals surface area contributed by atoms with Gasteiger partial charge in [-0.1, -0.05) is 6.07 Å². The van der Waals surface area contributed by atoms with Crippen LogP contribution in [0.25, 0.3) is 10.9 Å². The Kier molecular flexibility index (Phi) is 4.69. The van der Waals surface area contributed by atoms with E-state index in [1.807, 2.05) is 18.2 Å². The summed E-state index contributed by atoms with van der Waals surface area (Å²) in [6.07, 6.45) is 5.32. The van der Waals surface area contributed by atoms with Crippen LogP contribution in [-0.2, 0) is 6.42 Å². The molecule has 0 bridgehead atoms. The van der Waals surface area contributed by atoms with Crippen LogP contribution in [0.2, 0.25) is 0 Å². The summed E-state index contributed by atoms with van der Waals surface area (Å²) >= 11 is 0. The molecule has 4 N–H and O–H groups in total. The fourth-order valence-electron chi connectivity index (χ4n) is 4.08. The van der Waals surface area contributed by atoms with E-state index >= 15 is 0 Å². The first-order chi connectivity index (χ1) is 15.0. The molecule has 3 aromatic rings. The molecule has 1 aromatic carbocycles. The van der Waals surface area contributed by atoms with Crippen LogP contribution in [0.5, 0.6) is 5.75 Å². The summed E-state index contributed by atoms with van der Waals surface area (Å²) in [5.74, 6) is -0.00260. The molecule has 1 aliphatic carbocycles. The van der Waals surface area contributed by atoms with Crippen LogP contribution < -0.4 is 21.1 Å². The summed E-state index contributed by atoms with van der Waals surface area (Å²) in [5.41, 5.74) is 9.81. The van der Waals surface area contributed by atoms with Crippen molar-refractivity contribution in [2.24, 2.45) is 5.73 Å². The molecule has 31 heavy (non-hydrogen) atoms. The van der Waals surface area contributed by atoms with Crippen molar-refractivity contribution >= 4 is 34.1 Å². The fraction of sp³-hybridized carbons (Fsp3) is 0.304. The van der Waals surface area contributed by atoms with Gasteiger partial charge in [0.2, 0.25) is 0 Å². The number of aryl methyl sites for hydroxylation is 1. The molecule has 0 saturated heterocycles. The van der Waals surface area contributed by atoms with Gasteiger partial charge in [-0.15, -0.1) is 0 Å². The zero-order valence-electron chi connectivity index (χ0n) is 17.2. The number of hydrogen-bond acceptors (Lipinski definition) is 6.